The first-order valence-corrected chi connectivity index (χ1v) is 8.64. The van der Waals surface area contributed by atoms with E-state index in [4.69, 9.17) is 0 Å². The fraction of sp³-hybridized carbons (Fsp3) is 0.333. The van der Waals surface area contributed by atoms with Gasteiger partial charge in [-0.1, -0.05) is 0 Å². The van der Waals surface area contributed by atoms with Gasteiger partial charge in [-0.25, -0.2) is 8.78 Å². The first-order chi connectivity index (χ1) is 12.0. The van der Waals surface area contributed by atoms with Gasteiger partial charge in [0.25, 0.3) is 0 Å². The van der Waals surface area contributed by atoms with Crippen molar-refractivity contribution in [3.63, 3.8) is 0 Å². The number of benzene rings is 2. The molecule has 0 aromatic heterocycles. The minimum atomic E-state index is -0.386. The zero-order valence-electron chi connectivity index (χ0n) is 13.6. The highest BCUT2D eigenvalue weighted by atomic mass is 19.1. The summed E-state index contributed by atoms with van der Waals surface area (Å²) < 4.78 is 26.3. The smallest absolute Gasteiger partial charge is 0.166 e. The number of rotatable bonds is 4. The average Bonchev–Trinajstić information content (AvgIpc) is 3.23. The lowest BCUT2D eigenvalue weighted by Gasteiger charge is -2.29. The van der Waals surface area contributed by atoms with Crippen molar-refractivity contribution in [2.24, 2.45) is 23.7 Å². The molecule has 0 amide bonds. The molecule has 2 bridgehead atoms. The predicted molar refractivity (Wildman–Crippen MR) is 89.3 cm³/mol. The van der Waals surface area contributed by atoms with Crippen LogP contribution in [0.1, 0.15) is 40.0 Å². The minimum absolute atomic E-state index is 0.0762. The molecule has 25 heavy (non-hydrogen) atoms. The fourth-order valence-electron chi connectivity index (χ4n) is 4.66. The Bertz CT molecular complexity index is 741. The zero-order valence-corrected chi connectivity index (χ0v) is 13.6. The maximum absolute atomic E-state index is 13.1. The summed E-state index contributed by atoms with van der Waals surface area (Å²) in [6.45, 7) is 0. The third-order valence-corrected chi connectivity index (χ3v) is 5.78. The van der Waals surface area contributed by atoms with Crippen molar-refractivity contribution in [2.45, 2.75) is 19.3 Å². The second-order valence-corrected chi connectivity index (χ2v) is 7.13. The lowest BCUT2D eigenvalue weighted by molar-refractivity contribution is 0.0694. The minimum Gasteiger partial charge on any atom is -0.294 e. The van der Waals surface area contributed by atoms with Gasteiger partial charge in [0, 0.05) is 23.0 Å². The Morgan fingerprint density at radius 2 is 1.04 bits per heavy atom. The molecule has 0 N–H and O–H groups in total. The Morgan fingerprint density at radius 1 is 0.680 bits per heavy atom. The van der Waals surface area contributed by atoms with Gasteiger partial charge in [0.1, 0.15) is 11.6 Å². The van der Waals surface area contributed by atoms with Gasteiger partial charge in [-0.05, 0) is 79.6 Å². The van der Waals surface area contributed by atoms with Gasteiger partial charge in [0.2, 0.25) is 0 Å². The summed E-state index contributed by atoms with van der Waals surface area (Å²) >= 11 is 0. The molecule has 4 heteroatoms. The molecule has 0 spiro atoms. The standard InChI is InChI=1S/C21H18F2O2/c22-16-7-3-12(4-8-16)20(24)18-14-1-2-15(11-14)19(18)21(25)13-5-9-17(23)10-6-13/h3-10,14-15,18-19H,1-2,11H2/t14-,15+,18?,19?. The first kappa shape index (κ1) is 16.1. The summed E-state index contributed by atoms with van der Waals surface area (Å²) in [5, 5.41) is 0. The van der Waals surface area contributed by atoms with Crippen LogP contribution < -0.4 is 0 Å². The predicted octanol–water partition coefficient (Wildman–Crippen LogP) is 4.69. The molecule has 2 fully saturated rings. The number of hydrogen-bond acceptors (Lipinski definition) is 2. The van der Waals surface area contributed by atoms with E-state index < -0.39 is 0 Å². The van der Waals surface area contributed by atoms with Crippen LogP contribution in [0.25, 0.3) is 0 Å². The molecule has 2 aromatic carbocycles. The lowest BCUT2D eigenvalue weighted by atomic mass is 9.72. The molecule has 0 aliphatic heterocycles. The third-order valence-electron chi connectivity index (χ3n) is 5.78. The second kappa shape index (κ2) is 6.17. The highest BCUT2D eigenvalue weighted by molar-refractivity contribution is 6.05. The van der Waals surface area contributed by atoms with Gasteiger partial charge < -0.3 is 0 Å². The Labute approximate surface area is 144 Å². The van der Waals surface area contributed by atoms with Crippen molar-refractivity contribution in [3.8, 4) is 0 Å². The normalized spacial score (nSPS) is 27.4. The van der Waals surface area contributed by atoms with E-state index in [1.54, 1.807) is 0 Å². The molecule has 2 nitrogen and oxygen atoms in total. The van der Waals surface area contributed by atoms with Gasteiger partial charge in [0.15, 0.2) is 11.6 Å². The highest BCUT2D eigenvalue weighted by Gasteiger charge is 2.53. The molecule has 4 rings (SSSR count). The van der Waals surface area contributed by atoms with Gasteiger partial charge in [0.05, 0.1) is 0 Å². The number of Topliss-reactive ketones (excluding diaryl/α,β-unsaturated/α-hetero) is 2. The summed E-state index contributed by atoms with van der Waals surface area (Å²) in [7, 11) is 0. The van der Waals surface area contributed by atoms with Crippen LogP contribution in [0.5, 0.6) is 0 Å². The zero-order chi connectivity index (χ0) is 17.6. The van der Waals surface area contributed by atoms with E-state index in [2.05, 4.69) is 0 Å². The van der Waals surface area contributed by atoms with E-state index in [1.807, 2.05) is 0 Å². The maximum Gasteiger partial charge on any atom is 0.166 e. The number of fused-ring (bicyclic) bond motifs is 2. The van der Waals surface area contributed by atoms with Crippen molar-refractivity contribution in [3.05, 3.63) is 71.3 Å². The van der Waals surface area contributed by atoms with Gasteiger partial charge in [-0.3, -0.25) is 9.59 Å². The van der Waals surface area contributed by atoms with Crippen molar-refractivity contribution < 1.29 is 18.4 Å². The van der Waals surface area contributed by atoms with Crippen LogP contribution in [0.4, 0.5) is 8.78 Å². The van der Waals surface area contributed by atoms with Crippen molar-refractivity contribution >= 4 is 11.6 Å². The van der Waals surface area contributed by atoms with Crippen molar-refractivity contribution in [1.29, 1.82) is 0 Å². The monoisotopic (exact) mass is 340 g/mol. The molecular formula is C21H18F2O2. The molecule has 128 valence electrons. The van der Waals surface area contributed by atoms with Gasteiger partial charge in [-0.2, -0.15) is 0 Å². The van der Waals surface area contributed by atoms with E-state index >= 15 is 0 Å². The summed E-state index contributed by atoms with van der Waals surface area (Å²) in [6, 6.07) is 11.1. The summed E-state index contributed by atoms with van der Waals surface area (Å²) in [4.78, 5) is 26.0. The van der Waals surface area contributed by atoms with Gasteiger partial charge >= 0.3 is 0 Å². The Balaban J connectivity index is 1.65. The number of carbonyl (C=O) groups is 2. The van der Waals surface area contributed by atoms with E-state index in [0.29, 0.717) is 11.1 Å². The molecule has 2 unspecified atom stereocenters. The molecule has 0 heterocycles. The van der Waals surface area contributed by atoms with Crippen molar-refractivity contribution in [2.75, 3.05) is 0 Å². The third kappa shape index (κ3) is 2.80. The highest BCUT2D eigenvalue weighted by Crippen LogP contribution is 2.54. The van der Waals surface area contributed by atoms with E-state index in [9.17, 15) is 18.4 Å². The summed E-state index contributed by atoms with van der Waals surface area (Å²) in [5.74, 6) is -1.23. The number of halogens is 2. The maximum atomic E-state index is 13.1. The van der Waals surface area contributed by atoms with E-state index in [0.717, 1.165) is 19.3 Å². The molecular weight excluding hydrogens is 322 g/mol. The fourth-order valence-corrected chi connectivity index (χ4v) is 4.66. The van der Waals surface area contributed by atoms with Crippen LogP contribution in [0.15, 0.2) is 48.5 Å². The summed E-state index contributed by atoms with van der Waals surface area (Å²) in [5.41, 5.74) is 0.909. The topological polar surface area (TPSA) is 34.1 Å². The first-order valence-electron chi connectivity index (χ1n) is 8.64. The van der Waals surface area contributed by atoms with Crippen LogP contribution in [-0.4, -0.2) is 11.6 Å². The van der Waals surface area contributed by atoms with Crippen LogP contribution in [0.2, 0.25) is 0 Å². The molecule has 0 saturated heterocycles. The molecule has 4 atom stereocenters. The Hall–Kier alpha value is -2.36. The van der Waals surface area contributed by atoms with Crippen LogP contribution in [-0.2, 0) is 0 Å². The Morgan fingerprint density at radius 3 is 1.40 bits per heavy atom. The average molecular weight is 340 g/mol. The largest absolute Gasteiger partial charge is 0.294 e. The molecule has 2 aliphatic rings. The molecule has 0 radical (unpaired) electrons. The SMILES string of the molecule is O=C(c1ccc(F)cc1)C1C(C(=O)c2ccc(F)cc2)[C@H]2CC[C@@H]1C2. The van der Waals surface area contributed by atoms with Crippen molar-refractivity contribution in [1.82, 2.24) is 0 Å². The molecule has 2 saturated carbocycles. The quantitative estimate of drug-likeness (QED) is 0.757. The second-order valence-electron chi connectivity index (χ2n) is 7.13. The van der Waals surface area contributed by atoms with E-state index in [1.165, 1.54) is 48.5 Å². The molecule has 2 aliphatic carbocycles. The van der Waals surface area contributed by atoms with Gasteiger partial charge in [-0.15, -0.1) is 0 Å². The number of ketones is 2. The van der Waals surface area contributed by atoms with E-state index in [-0.39, 0.29) is 46.9 Å². The lowest BCUT2D eigenvalue weighted by Crippen LogP contribution is -2.35. The number of hydrogen-bond donors (Lipinski definition) is 0. The Kier molecular flexibility index (Phi) is 3.98. The van der Waals surface area contributed by atoms with Crippen LogP contribution >= 0.6 is 0 Å². The number of carbonyl (C=O) groups excluding carboxylic acids is 2. The molecule has 2 aromatic rings. The summed E-state index contributed by atoms with van der Waals surface area (Å²) in [6.07, 6.45) is 2.79. The van der Waals surface area contributed by atoms with Crippen LogP contribution in [0.3, 0.4) is 0 Å². The van der Waals surface area contributed by atoms with Crippen LogP contribution in [0, 0.1) is 35.3 Å².